The van der Waals surface area contributed by atoms with E-state index < -0.39 is 6.22 Å². The Labute approximate surface area is 99.4 Å². The van der Waals surface area contributed by atoms with Crippen LogP contribution in [0.3, 0.4) is 0 Å². The maximum Gasteiger partial charge on any atom is 1.00 e. The molecule has 5 heteroatoms. The second-order valence-electron chi connectivity index (χ2n) is 0.315. The van der Waals surface area contributed by atoms with Crippen LogP contribution < -0.4 is 68.9 Å². The molecule has 0 rings (SSSR count). The van der Waals surface area contributed by atoms with Gasteiger partial charge >= 0.3 is 75.1 Å². The molecule has 0 aliphatic heterocycles. The standard InChI is InChI=1S/CClFO2.Cs.H/c2-5-1(3)4;;/q;+1;-1. The molecule has 0 saturated heterocycles. The van der Waals surface area contributed by atoms with Gasteiger partial charge in [-0.1, -0.05) is 0 Å². The van der Waals surface area contributed by atoms with Gasteiger partial charge in [0.15, 0.2) is 0 Å². The third-order valence-corrected chi connectivity index (χ3v) is 0.182. The molecule has 0 heterocycles. The molecule has 6 heavy (non-hydrogen) atoms. The molecule has 0 spiro atoms. The van der Waals surface area contributed by atoms with Gasteiger partial charge in [-0.3, -0.25) is 0 Å². The zero-order valence-corrected chi connectivity index (χ0v) is 10.1. The molecule has 0 saturated carbocycles. The van der Waals surface area contributed by atoms with Gasteiger partial charge in [0.05, 0.1) is 0 Å². The zero-order valence-electron chi connectivity index (χ0n) is 4.07. The number of hydrogen-bond donors (Lipinski definition) is 0. The quantitative estimate of drug-likeness (QED) is 0.469. The van der Waals surface area contributed by atoms with E-state index in [1.807, 2.05) is 0 Å². The van der Waals surface area contributed by atoms with E-state index in [1.165, 1.54) is 0 Å². The Morgan fingerprint density at radius 1 is 2.00 bits per heavy atom. The van der Waals surface area contributed by atoms with E-state index >= 15 is 0 Å². The van der Waals surface area contributed by atoms with E-state index in [1.54, 1.807) is 0 Å². The Morgan fingerprint density at radius 3 is 2.17 bits per heavy atom. The summed E-state index contributed by atoms with van der Waals surface area (Å²) in [6, 6.07) is 0. The largest absolute Gasteiger partial charge is 1.00 e. The first kappa shape index (κ1) is 10.7. The van der Waals surface area contributed by atoms with Crippen LogP contribution in [-0.4, -0.2) is 6.22 Å². The number of rotatable bonds is 0. The summed E-state index contributed by atoms with van der Waals surface area (Å²) in [7, 11) is 0. The molecule has 2 nitrogen and oxygen atoms in total. The zero-order chi connectivity index (χ0) is 4.28. The smallest absolute Gasteiger partial charge is 1.00 e. The van der Waals surface area contributed by atoms with Crippen molar-refractivity contribution in [2.45, 2.75) is 0 Å². The van der Waals surface area contributed by atoms with Crippen LogP contribution in [0, 0.1) is 0 Å². The molecule has 0 amide bonds. The van der Waals surface area contributed by atoms with Crippen molar-refractivity contribution in [2.75, 3.05) is 0 Å². The molecule has 0 radical (unpaired) electrons. The minimum Gasteiger partial charge on any atom is -1.00 e. The van der Waals surface area contributed by atoms with Gasteiger partial charge in [0.2, 0.25) is 0 Å². The molecule has 0 aromatic heterocycles. The Kier molecular flexibility index (Phi) is 12.0. The summed E-state index contributed by atoms with van der Waals surface area (Å²) in [6.07, 6.45) is -1.98. The molecule has 0 aromatic rings. The monoisotopic (exact) mass is 232 g/mol. The topological polar surface area (TPSA) is 26.3 Å². The molecule has 32 valence electrons. The fourth-order valence-corrected chi connectivity index (χ4v) is 0. The van der Waals surface area contributed by atoms with Crippen molar-refractivity contribution in [3.05, 3.63) is 0 Å². The summed E-state index contributed by atoms with van der Waals surface area (Å²) in [5.41, 5.74) is 0. The average Bonchev–Trinajstić information content (AvgIpc) is 1.38. The minimum atomic E-state index is -1.98. The van der Waals surface area contributed by atoms with Crippen LogP contribution in [0.4, 0.5) is 9.18 Å². The van der Waals surface area contributed by atoms with Gasteiger partial charge in [0.1, 0.15) is 11.9 Å². The molecule has 0 aliphatic carbocycles. The first-order chi connectivity index (χ1) is 2.27. The summed E-state index contributed by atoms with van der Waals surface area (Å²) in [6.45, 7) is 0. The van der Waals surface area contributed by atoms with Gasteiger partial charge in [-0.2, -0.15) is 0 Å². The maximum absolute atomic E-state index is 10.4. The summed E-state index contributed by atoms with van der Waals surface area (Å²) in [5.74, 6) is 0. The van der Waals surface area contributed by atoms with E-state index in [2.05, 4.69) is 16.2 Å². The SMILES string of the molecule is O=C(F)OCl.[Cs+].[H-]. The molecule has 0 aliphatic rings. The molecular formula is CHClCsFO2. The van der Waals surface area contributed by atoms with Crippen LogP contribution in [0.1, 0.15) is 1.43 Å². The molecule has 0 N–H and O–H groups in total. The van der Waals surface area contributed by atoms with Crippen molar-refractivity contribution in [3.63, 3.8) is 0 Å². The van der Waals surface area contributed by atoms with Crippen LogP contribution in [0.2, 0.25) is 0 Å². The van der Waals surface area contributed by atoms with Crippen LogP contribution in [-0.2, 0) is 4.29 Å². The fourth-order valence-electron chi connectivity index (χ4n) is 0. The third kappa shape index (κ3) is 9.22. The number of halogens is 2. The second-order valence-corrected chi connectivity index (χ2v) is 0.469. The van der Waals surface area contributed by atoms with Crippen LogP contribution in [0.5, 0.6) is 0 Å². The minimum absolute atomic E-state index is 0. The van der Waals surface area contributed by atoms with Crippen molar-refractivity contribution in [1.29, 1.82) is 0 Å². The molecule has 0 aromatic carbocycles. The predicted molar refractivity (Wildman–Crippen MR) is 14.6 cm³/mol. The van der Waals surface area contributed by atoms with E-state index in [4.69, 9.17) is 4.79 Å². The first-order valence-electron chi connectivity index (χ1n) is 0.752. The number of carbonyl (C=O) groups is 1. The first-order valence-corrected chi connectivity index (χ1v) is 1.06. The van der Waals surface area contributed by atoms with Crippen LogP contribution in [0.25, 0.3) is 0 Å². The second kappa shape index (κ2) is 6.74. The Morgan fingerprint density at radius 2 is 2.17 bits per heavy atom. The maximum atomic E-state index is 10.4. The summed E-state index contributed by atoms with van der Waals surface area (Å²) >= 11 is 4.11. The molecule has 0 unspecified atom stereocenters. The molecule has 0 atom stereocenters. The van der Waals surface area contributed by atoms with Crippen molar-refractivity contribution in [2.24, 2.45) is 0 Å². The molecule has 0 fully saturated rings. The van der Waals surface area contributed by atoms with E-state index in [0.717, 1.165) is 0 Å². The molecular weight excluding hydrogens is 231 g/mol. The number of hydrogen-bond acceptors (Lipinski definition) is 2. The number of carbonyl (C=O) groups excluding carboxylic acids is 1. The van der Waals surface area contributed by atoms with E-state index in [0.29, 0.717) is 0 Å². The van der Waals surface area contributed by atoms with Gasteiger partial charge in [0.25, 0.3) is 0 Å². The Balaban J connectivity index is -0.0000000800. The third-order valence-electron chi connectivity index (χ3n) is 0.0607. The van der Waals surface area contributed by atoms with Gasteiger partial charge in [0, 0.05) is 0 Å². The van der Waals surface area contributed by atoms with E-state index in [-0.39, 0.29) is 70.3 Å². The van der Waals surface area contributed by atoms with Crippen molar-refractivity contribution in [3.8, 4) is 0 Å². The van der Waals surface area contributed by atoms with Gasteiger partial charge < -0.3 is 5.72 Å². The summed E-state index contributed by atoms with van der Waals surface area (Å²) in [4.78, 5) is 8.79. The van der Waals surface area contributed by atoms with Gasteiger partial charge in [-0.05, 0) is 0 Å². The van der Waals surface area contributed by atoms with Crippen LogP contribution >= 0.6 is 11.9 Å². The van der Waals surface area contributed by atoms with Crippen LogP contribution in [0.15, 0.2) is 0 Å². The Hall–Kier alpha value is 1.74. The van der Waals surface area contributed by atoms with E-state index in [9.17, 15) is 4.39 Å². The summed E-state index contributed by atoms with van der Waals surface area (Å²) < 4.78 is 13.4. The summed E-state index contributed by atoms with van der Waals surface area (Å²) in [5, 5.41) is 0. The van der Waals surface area contributed by atoms with Crippen molar-refractivity contribution < 1.29 is 83.8 Å². The predicted octanol–water partition coefficient (Wildman–Crippen LogP) is -1.64. The molecule has 0 bridgehead atoms. The van der Waals surface area contributed by atoms with Gasteiger partial charge in [-0.25, -0.2) is 4.79 Å². The Bertz CT molecular complexity index is 53.0. The average molecular weight is 232 g/mol. The fraction of sp³-hybridized carbons (Fsp3) is 0. The normalized spacial score (nSPS) is 5.67. The van der Waals surface area contributed by atoms with Gasteiger partial charge in [-0.15, -0.1) is 4.39 Å². The van der Waals surface area contributed by atoms with Crippen molar-refractivity contribution >= 4 is 18.1 Å². The van der Waals surface area contributed by atoms with Crippen molar-refractivity contribution in [1.82, 2.24) is 0 Å².